The number of aliphatic hydroxyl groups excluding tert-OH is 2. The molecule has 0 spiro atoms. The Bertz CT molecular complexity index is 2100. The molecule has 0 radical (unpaired) electrons. The fraction of sp³-hybridized carbons (Fsp3) is 0.250. The zero-order chi connectivity index (χ0) is 43.3. The van der Waals surface area contributed by atoms with Crippen molar-refractivity contribution in [2.75, 3.05) is 39.6 Å². The Morgan fingerprint density at radius 2 is 0.759 bits per heavy atom. The predicted molar refractivity (Wildman–Crippen MR) is 185 cm³/mol. The second-order valence-electron chi connectivity index (χ2n) is 11.7. The summed E-state index contributed by atoms with van der Waals surface area (Å²) in [5.74, 6) is -13.9. The maximum Gasteiger partial charge on any atom is 0.339 e. The highest BCUT2D eigenvalue weighted by molar-refractivity contribution is 6.06. The molecule has 8 N–H and O–H groups in total. The van der Waals surface area contributed by atoms with Gasteiger partial charge in [0, 0.05) is 0 Å². The van der Waals surface area contributed by atoms with Gasteiger partial charge in [0.25, 0.3) is 0 Å². The van der Waals surface area contributed by atoms with E-state index in [9.17, 15) is 78.9 Å². The maximum absolute atomic E-state index is 13.3. The van der Waals surface area contributed by atoms with Crippen molar-refractivity contribution in [2.24, 2.45) is 0 Å². The number of carboxylic acid groups (broad SMARTS) is 6. The number of ether oxygens (including phenoxy) is 5. The van der Waals surface area contributed by atoms with Gasteiger partial charge in [-0.05, 0) is 54.6 Å². The summed E-state index contributed by atoms with van der Waals surface area (Å²) in [4.78, 5) is 109. The molecule has 0 aliphatic rings. The van der Waals surface area contributed by atoms with Gasteiger partial charge >= 0.3 is 53.7 Å². The molecule has 3 aromatic carbocycles. The number of hydrogen-bond acceptors (Lipinski definition) is 16. The van der Waals surface area contributed by atoms with Crippen molar-refractivity contribution in [2.45, 2.75) is 18.3 Å². The maximum atomic E-state index is 13.3. The molecule has 0 aliphatic heterocycles. The van der Waals surface area contributed by atoms with Crippen molar-refractivity contribution < 1.29 is 108 Å². The van der Waals surface area contributed by atoms with Gasteiger partial charge in [-0.3, -0.25) is 0 Å². The van der Waals surface area contributed by atoms with E-state index < -0.39 is 162 Å². The Balaban J connectivity index is 1.94. The van der Waals surface area contributed by atoms with E-state index in [4.69, 9.17) is 28.8 Å². The molecule has 3 unspecified atom stereocenters. The molecule has 22 nitrogen and oxygen atoms in total. The van der Waals surface area contributed by atoms with Crippen LogP contribution in [0.1, 0.15) is 93.2 Å². The summed E-state index contributed by atoms with van der Waals surface area (Å²) in [5.41, 5.74) is -5.85. The summed E-state index contributed by atoms with van der Waals surface area (Å²) in [6, 6.07) is 7.23. The molecule has 0 aromatic heterocycles. The van der Waals surface area contributed by atoms with Crippen LogP contribution in [0.3, 0.4) is 0 Å². The average Bonchev–Trinajstić information content (AvgIpc) is 3.18. The summed E-state index contributed by atoms with van der Waals surface area (Å²) < 4.78 is 26.5. The van der Waals surface area contributed by atoms with Crippen molar-refractivity contribution in [1.29, 1.82) is 0 Å². The average molecular weight is 817 g/mol. The van der Waals surface area contributed by atoms with Crippen LogP contribution in [0.2, 0.25) is 0 Å². The normalized spacial score (nSPS) is 12.3. The highest BCUT2D eigenvalue weighted by Crippen LogP contribution is 2.19. The van der Waals surface area contributed by atoms with Gasteiger partial charge in [0.2, 0.25) is 0 Å². The predicted octanol–water partition coefficient (Wildman–Crippen LogP) is 0.870. The molecule has 0 saturated heterocycles. The van der Waals surface area contributed by atoms with Crippen LogP contribution >= 0.6 is 0 Å². The summed E-state index contributed by atoms with van der Waals surface area (Å²) in [6.07, 6.45) is -4.73. The van der Waals surface area contributed by atoms with Gasteiger partial charge in [0.15, 0.2) is 6.10 Å². The van der Waals surface area contributed by atoms with Crippen molar-refractivity contribution in [3.8, 4) is 0 Å². The molecule has 0 heterocycles. The minimum absolute atomic E-state index is 0.489. The van der Waals surface area contributed by atoms with Crippen LogP contribution in [0.5, 0.6) is 0 Å². The van der Waals surface area contributed by atoms with Gasteiger partial charge in [-0.15, -0.1) is 0 Å². The molecular formula is C36H32O22. The summed E-state index contributed by atoms with van der Waals surface area (Å²) in [5, 5.41) is 75.5. The van der Waals surface area contributed by atoms with Gasteiger partial charge in [0.05, 0.1) is 83.1 Å². The molecule has 0 fully saturated rings. The first-order valence-corrected chi connectivity index (χ1v) is 16.2. The van der Waals surface area contributed by atoms with Crippen LogP contribution in [0.4, 0.5) is 0 Å². The number of carbonyl (C=O) groups excluding carboxylic acids is 3. The van der Waals surface area contributed by atoms with E-state index in [1.807, 2.05) is 0 Å². The highest BCUT2D eigenvalue weighted by atomic mass is 16.6. The third-order valence-electron chi connectivity index (χ3n) is 7.53. The minimum Gasteiger partial charge on any atom is -0.478 e. The highest BCUT2D eigenvalue weighted by Gasteiger charge is 2.28. The minimum atomic E-state index is -1.78. The third-order valence-corrected chi connectivity index (χ3v) is 7.53. The van der Waals surface area contributed by atoms with Crippen LogP contribution in [-0.4, -0.2) is 153 Å². The van der Waals surface area contributed by atoms with Gasteiger partial charge in [-0.25, -0.2) is 43.2 Å². The van der Waals surface area contributed by atoms with E-state index in [1.165, 1.54) is 0 Å². The molecule has 0 amide bonds. The van der Waals surface area contributed by atoms with Crippen LogP contribution in [0.25, 0.3) is 0 Å². The lowest BCUT2D eigenvalue weighted by atomic mass is 10.0. The van der Waals surface area contributed by atoms with E-state index in [0.29, 0.717) is 12.1 Å². The van der Waals surface area contributed by atoms with E-state index in [2.05, 4.69) is 0 Å². The number of esters is 3. The Kier molecular flexibility index (Phi) is 16.0. The smallest absolute Gasteiger partial charge is 0.339 e. The molecule has 308 valence electrons. The second kappa shape index (κ2) is 20.6. The van der Waals surface area contributed by atoms with Crippen molar-refractivity contribution >= 4 is 53.7 Å². The fourth-order valence-corrected chi connectivity index (χ4v) is 4.73. The molecule has 58 heavy (non-hydrogen) atoms. The number of rotatable bonds is 22. The van der Waals surface area contributed by atoms with Crippen molar-refractivity contribution in [1.82, 2.24) is 0 Å². The van der Waals surface area contributed by atoms with Crippen molar-refractivity contribution in [3.63, 3.8) is 0 Å². The molecule has 0 saturated carbocycles. The zero-order valence-electron chi connectivity index (χ0n) is 29.5. The summed E-state index contributed by atoms with van der Waals surface area (Å²) in [6.45, 7) is -4.52. The number of aromatic carboxylic acids is 6. The van der Waals surface area contributed by atoms with Gasteiger partial charge in [-0.2, -0.15) is 0 Å². The SMILES string of the molecule is O=C(O)c1ccc(C(=O)O)c(C(=O)OCC(COCC(COCC(O)CO)OC(=O)c2cc(C(=O)O)ccc2C(=O)O)OC(=O)c2cc(C(=O)O)ccc2C(=O)O)c1. The summed E-state index contributed by atoms with van der Waals surface area (Å²) >= 11 is 0. The first kappa shape index (κ1) is 45.1. The van der Waals surface area contributed by atoms with Gasteiger partial charge < -0.3 is 64.5 Å². The molecule has 0 aliphatic carbocycles. The van der Waals surface area contributed by atoms with Crippen molar-refractivity contribution in [3.05, 3.63) is 105 Å². The molecular weight excluding hydrogens is 784 g/mol. The van der Waals surface area contributed by atoms with Crippen LogP contribution in [0.15, 0.2) is 54.6 Å². The second-order valence-corrected chi connectivity index (χ2v) is 11.7. The topological polar surface area (TPSA) is 362 Å². The monoisotopic (exact) mass is 816 g/mol. The van der Waals surface area contributed by atoms with E-state index in [-0.39, 0.29) is 0 Å². The summed E-state index contributed by atoms with van der Waals surface area (Å²) in [7, 11) is 0. The molecule has 22 heteroatoms. The number of benzene rings is 3. The quantitative estimate of drug-likeness (QED) is 0.0515. The first-order chi connectivity index (χ1) is 27.3. The molecule has 0 bridgehead atoms. The standard InChI is InChI=1S/C36H32O22/c37-10-19(38)11-54-12-20(57-35(52)26-8-17(29(41)42)2-5-23(26)32(47)48)13-55-14-21(58-36(53)27-9-18(30(43)44)3-6-24(27)33(49)50)15-56-34(51)25-7-16(28(39)40)1-4-22(25)31(45)46/h1-9,19-21,37-38H,10-15H2,(H,39,40)(H,41,42)(H,43,44)(H,45,46)(H,47,48)(H,49,50). The Morgan fingerprint density at radius 3 is 1.09 bits per heavy atom. The van der Waals surface area contributed by atoms with Gasteiger partial charge in [0.1, 0.15) is 18.8 Å². The Labute approximate surface area is 323 Å². The molecule has 3 atom stereocenters. The lowest BCUT2D eigenvalue weighted by Crippen LogP contribution is -2.35. The van der Waals surface area contributed by atoms with E-state index in [1.54, 1.807) is 0 Å². The van der Waals surface area contributed by atoms with E-state index >= 15 is 0 Å². The Hall–Kier alpha value is -7.27. The van der Waals surface area contributed by atoms with Crippen LogP contribution in [0, 0.1) is 0 Å². The van der Waals surface area contributed by atoms with E-state index in [0.717, 1.165) is 42.5 Å². The number of hydrogen-bond donors (Lipinski definition) is 8. The molecule has 3 aromatic rings. The zero-order valence-corrected chi connectivity index (χ0v) is 29.5. The number of carboxylic acids is 6. The third kappa shape index (κ3) is 12.4. The number of carbonyl (C=O) groups is 9. The van der Waals surface area contributed by atoms with Crippen LogP contribution < -0.4 is 0 Å². The fourth-order valence-electron chi connectivity index (χ4n) is 4.73. The lowest BCUT2D eigenvalue weighted by molar-refractivity contribution is -0.0755. The first-order valence-electron chi connectivity index (χ1n) is 16.2. The van der Waals surface area contributed by atoms with Gasteiger partial charge in [-0.1, -0.05) is 0 Å². The Morgan fingerprint density at radius 1 is 0.431 bits per heavy atom. The number of aliphatic hydroxyl groups is 2. The van der Waals surface area contributed by atoms with Crippen LogP contribution in [-0.2, 0) is 23.7 Å². The largest absolute Gasteiger partial charge is 0.478 e. The molecule has 3 rings (SSSR count). The lowest BCUT2D eigenvalue weighted by Gasteiger charge is -2.22.